The molecule has 3 rings (SSSR count). The Kier molecular flexibility index (Phi) is 5.90. The third kappa shape index (κ3) is 4.95. The first kappa shape index (κ1) is 20.4. The van der Waals surface area contributed by atoms with E-state index in [-0.39, 0.29) is 17.5 Å². The number of anilines is 2. The summed E-state index contributed by atoms with van der Waals surface area (Å²) in [5.74, 6) is -0.494. The van der Waals surface area contributed by atoms with Crippen LogP contribution >= 0.6 is 0 Å². The molecule has 1 aliphatic heterocycles. The van der Waals surface area contributed by atoms with Gasteiger partial charge in [-0.2, -0.15) is 13.2 Å². The highest BCUT2D eigenvalue weighted by Gasteiger charge is 2.34. The second-order valence-electron chi connectivity index (χ2n) is 6.70. The van der Waals surface area contributed by atoms with Crippen molar-refractivity contribution in [1.82, 2.24) is 5.43 Å². The molecule has 0 saturated carbocycles. The number of carbonyl (C=O) groups excluding carboxylic acids is 1. The molecule has 2 aromatic rings. The molecule has 0 spiro atoms. The van der Waals surface area contributed by atoms with Crippen LogP contribution in [0.15, 0.2) is 48.5 Å². The molecule has 154 valence electrons. The lowest BCUT2D eigenvalue weighted by Gasteiger charge is -2.32. The average Bonchev–Trinajstić information content (AvgIpc) is 2.71. The summed E-state index contributed by atoms with van der Waals surface area (Å²) >= 11 is 0. The highest BCUT2D eigenvalue weighted by molar-refractivity contribution is 5.80. The number of nitro benzene ring substituents is 1. The molecule has 2 aromatic carbocycles. The predicted molar refractivity (Wildman–Crippen MR) is 101 cm³/mol. The fraction of sp³-hybridized carbons (Fsp3) is 0.316. The number of piperidine rings is 1. The minimum Gasteiger partial charge on any atom is -0.366 e. The van der Waals surface area contributed by atoms with Crippen molar-refractivity contribution in [2.24, 2.45) is 5.92 Å². The van der Waals surface area contributed by atoms with Crippen LogP contribution in [-0.2, 0) is 11.0 Å². The summed E-state index contributed by atoms with van der Waals surface area (Å²) in [4.78, 5) is 24.4. The van der Waals surface area contributed by atoms with Crippen molar-refractivity contribution in [2.45, 2.75) is 19.0 Å². The Balaban J connectivity index is 1.63. The minimum absolute atomic E-state index is 0.129. The van der Waals surface area contributed by atoms with E-state index in [1.165, 1.54) is 0 Å². The summed E-state index contributed by atoms with van der Waals surface area (Å²) in [6.45, 7) is 0.658. The van der Waals surface area contributed by atoms with Gasteiger partial charge in [0.1, 0.15) is 5.69 Å². The number of benzene rings is 2. The fourth-order valence-electron chi connectivity index (χ4n) is 3.25. The van der Waals surface area contributed by atoms with Gasteiger partial charge in [-0.05, 0) is 37.1 Å². The molecule has 1 amide bonds. The molecule has 1 aliphatic rings. The van der Waals surface area contributed by atoms with Crippen molar-refractivity contribution in [3.05, 3.63) is 64.2 Å². The van der Waals surface area contributed by atoms with E-state index in [2.05, 4.69) is 10.9 Å². The lowest BCUT2D eigenvalue weighted by molar-refractivity contribution is -0.384. The molecule has 0 bridgehead atoms. The average molecular weight is 408 g/mol. The van der Waals surface area contributed by atoms with Crippen molar-refractivity contribution < 1.29 is 22.9 Å². The Morgan fingerprint density at radius 2 is 1.76 bits per heavy atom. The van der Waals surface area contributed by atoms with E-state index in [0.29, 0.717) is 32.0 Å². The van der Waals surface area contributed by atoms with Crippen molar-refractivity contribution in [3.8, 4) is 0 Å². The monoisotopic (exact) mass is 408 g/mol. The number of nitrogens with one attached hydrogen (secondary N) is 2. The Labute approximate surface area is 164 Å². The van der Waals surface area contributed by atoms with Crippen LogP contribution in [0, 0.1) is 16.0 Å². The van der Waals surface area contributed by atoms with E-state index < -0.39 is 22.4 Å². The van der Waals surface area contributed by atoms with Gasteiger partial charge in [0, 0.05) is 25.1 Å². The van der Waals surface area contributed by atoms with Crippen LogP contribution in [0.25, 0.3) is 0 Å². The van der Waals surface area contributed by atoms with Gasteiger partial charge in [-0.1, -0.05) is 18.2 Å². The summed E-state index contributed by atoms with van der Waals surface area (Å²) in [5.41, 5.74) is 4.67. The van der Waals surface area contributed by atoms with E-state index in [9.17, 15) is 28.1 Å². The number of carbonyl (C=O) groups is 1. The normalized spacial score (nSPS) is 15.1. The number of para-hydroxylation sites is 1. The van der Waals surface area contributed by atoms with E-state index in [1.807, 2.05) is 18.2 Å². The van der Waals surface area contributed by atoms with Gasteiger partial charge in [0.2, 0.25) is 5.91 Å². The molecule has 0 aromatic heterocycles. The summed E-state index contributed by atoms with van der Waals surface area (Å²) in [7, 11) is 0. The molecule has 2 N–H and O–H groups in total. The maximum atomic E-state index is 12.9. The van der Waals surface area contributed by atoms with E-state index in [1.54, 1.807) is 17.0 Å². The summed E-state index contributed by atoms with van der Waals surface area (Å²) in [6.07, 6.45) is -3.79. The second kappa shape index (κ2) is 8.38. The first-order chi connectivity index (χ1) is 13.8. The number of amides is 1. The smallest absolute Gasteiger partial charge is 0.366 e. The molecule has 0 atom stereocenters. The molecular weight excluding hydrogens is 389 g/mol. The van der Waals surface area contributed by atoms with Gasteiger partial charge in [0.25, 0.3) is 5.69 Å². The number of halogens is 3. The zero-order chi connectivity index (χ0) is 21.0. The molecule has 10 heteroatoms. The standard InChI is InChI=1S/C19H19F3N4O3/c20-19(21,22)14-6-7-16(17(12-14)26(28)29)25-10-8-13(9-11-25)18(27)24-23-15-4-2-1-3-5-15/h1-7,12-13,23H,8-11H2,(H,24,27). The number of rotatable bonds is 5. The molecule has 29 heavy (non-hydrogen) atoms. The first-order valence-corrected chi connectivity index (χ1v) is 8.97. The molecular formula is C19H19F3N4O3. The SMILES string of the molecule is O=C(NNc1ccccc1)C1CCN(c2ccc(C(F)(F)F)cc2[N+](=O)[O-])CC1. The maximum absolute atomic E-state index is 12.9. The zero-order valence-electron chi connectivity index (χ0n) is 15.3. The quantitative estimate of drug-likeness (QED) is 0.577. The van der Waals surface area contributed by atoms with E-state index in [0.717, 1.165) is 17.8 Å². The Hall–Kier alpha value is -3.30. The highest BCUT2D eigenvalue weighted by Crippen LogP contribution is 2.37. The predicted octanol–water partition coefficient (Wildman–Crippen LogP) is 3.97. The van der Waals surface area contributed by atoms with Crippen molar-refractivity contribution in [2.75, 3.05) is 23.4 Å². The van der Waals surface area contributed by atoms with Crippen LogP contribution in [0.5, 0.6) is 0 Å². The van der Waals surface area contributed by atoms with Crippen LogP contribution in [0.1, 0.15) is 18.4 Å². The third-order valence-corrected chi connectivity index (χ3v) is 4.81. The van der Waals surface area contributed by atoms with Gasteiger partial charge in [-0.3, -0.25) is 25.8 Å². The lowest BCUT2D eigenvalue weighted by atomic mass is 9.95. The summed E-state index contributed by atoms with van der Waals surface area (Å²) in [6, 6.07) is 11.6. The Morgan fingerprint density at radius 3 is 2.34 bits per heavy atom. The number of hydrogen-bond acceptors (Lipinski definition) is 5. The van der Waals surface area contributed by atoms with Crippen LogP contribution < -0.4 is 15.8 Å². The van der Waals surface area contributed by atoms with Gasteiger partial charge in [0.05, 0.1) is 16.2 Å². The molecule has 1 heterocycles. The Morgan fingerprint density at radius 1 is 1.10 bits per heavy atom. The number of nitro groups is 1. The molecule has 1 fully saturated rings. The molecule has 0 radical (unpaired) electrons. The van der Waals surface area contributed by atoms with Gasteiger partial charge in [-0.15, -0.1) is 0 Å². The zero-order valence-corrected chi connectivity index (χ0v) is 15.3. The summed E-state index contributed by atoms with van der Waals surface area (Å²) < 4.78 is 38.6. The minimum atomic E-state index is -4.65. The molecule has 1 saturated heterocycles. The second-order valence-corrected chi connectivity index (χ2v) is 6.70. The molecule has 0 aliphatic carbocycles. The first-order valence-electron chi connectivity index (χ1n) is 8.97. The van der Waals surface area contributed by atoms with Crippen LogP contribution in [0.4, 0.5) is 30.2 Å². The van der Waals surface area contributed by atoms with Gasteiger partial charge in [0.15, 0.2) is 0 Å². The third-order valence-electron chi connectivity index (χ3n) is 4.81. The Bertz CT molecular complexity index is 882. The van der Waals surface area contributed by atoms with Crippen LogP contribution in [0.3, 0.4) is 0 Å². The molecule has 7 nitrogen and oxygen atoms in total. The van der Waals surface area contributed by atoms with Crippen molar-refractivity contribution >= 4 is 23.0 Å². The fourth-order valence-corrected chi connectivity index (χ4v) is 3.25. The number of hydrogen-bond donors (Lipinski definition) is 2. The van der Waals surface area contributed by atoms with Gasteiger partial charge in [-0.25, -0.2) is 0 Å². The number of hydrazine groups is 1. The summed E-state index contributed by atoms with van der Waals surface area (Å²) in [5, 5.41) is 11.3. The van der Waals surface area contributed by atoms with Crippen LogP contribution in [0.2, 0.25) is 0 Å². The van der Waals surface area contributed by atoms with Crippen molar-refractivity contribution in [3.63, 3.8) is 0 Å². The number of nitrogens with zero attached hydrogens (tertiary/aromatic N) is 2. The topological polar surface area (TPSA) is 87.5 Å². The molecule has 0 unspecified atom stereocenters. The van der Waals surface area contributed by atoms with Gasteiger partial charge >= 0.3 is 6.18 Å². The van der Waals surface area contributed by atoms with Crippen molar-refractivity contribution in [1.29, 1.82) is 0 Å². The lowest BCUT2D eigenvalue weighted by Crippen LogP contribution is -2.42. The van der Waals surface area contributed by atoms with Gasteiger partial charge < -0.3 is 4.90 Å². The highest BCUT2D eigenvalue weighted by atomic mass is 19.4. The van der Waals surface area contributed by atoms with E-state index in [4.69, 9.17) is 0 Å². The maximum Gasteiger partial charge on any atom is 0.416 e. The number of alkyl halides is 3. The van der Waals surface area contributed by atoms with E-state index >= 15 is 0 Å². The van der Waals surface area contributed by atoms with Crippen LogP contribution in [-0.4, -0.2) is 23.9 Å². The largest absolute Gasteiger partial charge is 0.416 e.